The zero-order valence-corrected chi connectivity index (χ0v) is 15.6. The Balaban J connectivity index is 1.66. The Labute approximate surface area is 167 Å². The Morgan fingerprint density at radius 1 is 1.00 bits per heavy atom. The highest BCUT2D eigenvalue weighted by Crippen LogP contribution is 2.17. The van der Waals surface area contributed by atoms with Crippen LogP contribution in [-0.4, -0.2) is 32.6 Å². The molecule has 0 radical (unpaired) electrons. The molecule has 0 amide bonds. The third-order valence-corrected chi connectivity index (χ3v) is 4.28. The van der Waals surface area contributed by atoms with E-state index in [4.69, 9.17) is 5.26 Å². The van der Waals surface area contributed by atoms with Crippen molar-refractivity contribution in [3.8, 4) is 28.8 Å². The molecule has 0 bridgehead atoms. The lowest BCUT2D eigenvalue weighted by Gasteiger charge is -2.08. The van der Waals surface area contributed by atoms with Gasteiger partial charge < -0.3 is 0 Å². The van der Waals surface area contributed by atoms with E-state index in [1.807, 2.05) is 32.1 Å². The van der Waals surface area contributed by atoms with Crippen molar-refractivity contribution in [1.29, 1.82) is 5.26 Å². The van der Waals surface area contributed by atoms with Crippen molar-refractivity contribution in [3.05, 3.63) is 88.6 Å². The lowest BCUT2D eigenvalue weighted by Crippen LogP contribution is -2.23. The molecule has 0 unspecified atom stereocenters. The SMILES string of the molecule is Bc1cnc(-c2cccc(Cn3nc(-c4cccc(C#N)c4)ccc3=O)n2)nc1. The minimum atomic E-state index is -0.232. The van der Waals surface area contributed by atoms with Gasteiger partial charge in [0.05, 0.1) is 29.6 Å². The van der Waals surface area contributed by atoms with Crippen molar-refractivity contribution in [2.45, 2.75) is 6.54 Å². The van der Waals surface area contributed by atoms with E-state index in [0.717, 1.165) is 11.0 Å². The van der Waals surface area contributed by atoms with Crippen molar-refractivity contribution in [1.82, 2.24) is 24.7 Å². The molecule has 3 heterocycles. The van der Waals surface area contributed by atoms with Crippen LogP contribution in [0.5, 0.6) is 0 Å². The summed E-state index contributed by atoms with van der Waals surface area (Å²) in [5.74, 6) is 0.528. The van der Waals surface area contributed by atoms with Crippen LogP contribution in [0.25, 0.3) is 22.8 Å². The highest BCUT2D eigenvalue weighted by molar-refractivity contribution is 6.31. The number of nitriles is 1. The molecule has 138 valence electrons. The molecule has 0 aliphatic rings. The van der Waals surface area contributed by atoms with Gasteiger partial charge in [-0.1, -0.05) is 23.7 Å². The molecule has 0 saturated carbocycles. The van der Waals surface area contributed by atoms with Gasteiger partial charge in [-0.25, -0.2) is 19.6 Å². The van der Waals surface area contributed by atoms with Gasteiger partial charge in [-0.3, -0.25) is 4.79 Å². The van der Waals surface area contributed by atoms with Crippen LogP contribution < -0.4 is 11.0 Å². The van der Waals surface area contributed by atoms with Crippen LogP contribution in [0.4, 0.5) is 0 Å². The molecule has 0 fully saturated rings. The molecule has 4 rings (SSSR count). The molecule has 0 saturated heterocycles. The van der Waals surface area contributed by atoms with Crippen molar-refractivity contribution < 1.29 is 0 Å². The summed E-state index contributed by atoms with van der Waals surface area (Å²) < 4.78 is 1.36. The highest BCUT2D eigenvalue weighted by atomic mass is 16.1. The molecule has 3 aromatic heterocycles. The largest absolute Gasteiger partial charge is 0.268 e. The van der Waals surface area contributed by atoms with Crippen LogP contribution in [0.2, 0.25) is 0 Å². The molecule has 0 spiro atoms. The number of hydrogen-bond acceptors (Lipinski definition) is 6. The normalized spacial score (nSPS) is 10.4. The second-order valence-electron chi connectivity index (χ2n) is 6.51. The fraction of sp³-hybridized carbons (Fsp3) is 0.0476. The van der Waals surface area contributed by atoms with Crippen LogP contribution in [0.3, 0.4) is 0 Å². The molecule has 0 aliphatic heterocycles. The van der Waals surface area contributed by atoms with E-state index in [-0.39, 0.29) is 12.1 Å². The molecule has 1 aromatic carbocycles. The minimum Gasteiger partial charge on any atom is -0.268 e. The monoisotopic (exact) mass is 378 g/mol. The first-order valence-electron chi connectivity index (χ1n) is 8.96. The molecule has 0 aliphatic carbocycles. The van der Waals surface area contributed by atoms with Gasteiger partial charge in [-0.05, 0) is 30.3 Å². The Morgan fingerprint density at radius 3 is 2.59 bits per heavy atom. The first-order valence-corrected chi connectivity index (χ1v) is 8.96. The number of aromatic nitrogens is 5. The summed E-state index contributed by atoms with van der Waals surface area (Å²) in [5, 5.41) is 13.5. The Morgan fingerprint density at radius 2 is 1.79 bits per heavy atom. The van der Waals surface area contributed by atoms with Gasteiger partial charge in [0, 0.05) is 24.0 Å². The van der Waals surface area contributed by atoms with Gasteiger partial charge in [0.1, 0.15) is 13.5 Å². The summed E-state index contributed by atoms with van der Waals surface area (Å²) in [6.07, 6.45) is 3.48. The summed E-state index contributed by atoms with van der Waals surface area (Å²) in [4.78, 5) is 25.5. The second-order valence-corrected chi connectivity index (χ2v) is 6.51. The summed E-state index contributed by atoms with van der Waals surface area (Å²) in [5.41, 5.74) is 3.96. The Hall–Kier alpha value is -4.12. The van der Waals surface area contributed by atoms with E-state index in [1.165, 1.54) is 10.7 Å². The van der Waals surface area contributed by atoms with E-state index in [2.05, 4.69) is 26.1 Å². The van der Waals surface area contributed by atoms with Crippen LogP contribution in [0.1, 0.15) is 11.3 Å². The van der Waals surface area contributed by atoms with Crippen LogP contribution in [-0.2, 0) is 6.54 Å². The zero-order chi connectivity index (χ0) is 20.2. The zero-order valence-electron chi connectivity index (χ0n) is 15.6. The third-order valence-electron chi connectivity index (χ3n) is 4.28. The molecule has 0 atom stereocenters. The summed E-state index contributed by atoms with van der Waals surface area (Å²) in [7, 11) is 1.92. The topological polar surface area (TPSA) is 97.3 Å². The summed E-state index contributed by atoms with van der Waals surface area (Å²) >= 11 is 0. The van der Waals surface area contributed by atoms with E-state index in [1.54, 1.807) is 36.7 Å². The molecule has 8 heteroatoms. The van der Waals surface area contributed by atoms with Crippen LogP contribution in [0.15, 0.2) is 71.8 Å². The van der Waals surface area contributed by atoms with Gasteiger partial charge >= 0.3 is 0 Å². The second kappa shape index (κ2) is 7.86. The van der Waals surface area contributed by atoms with Gasteiger partial charge in [0.15, 0.2) is 5.82 Å². The predicted molar refractivity (Wildman–Crippen MR) is 111 cm³/mol. The minimum absolute atomic E-state index is 0.213. The summed E-state index contributed by atoms with van der Waals surface area (Å²) in [6, 6.07) is 17.8. The Bertz CT molecular complexity index is 1280. The highest BCUT2D eigenvalue weighted by Gasteiger charge is 2.08. The first kappa shape index (κ1) is 18.3. The smallest absolute Gasteiger partial charge is 0.267 e. The van der Waals surface area contributed by atoms with Crippen molar-refractivity contribution in [3.63, 3.8) is 0 Å². The van der Waals surface area contributed by atoms with E-state index in [9.17, 15) is 4.79 Å². The van der Waals surface area contributed by atoms with Crippen LogP contribution >= 0.6 is 0 Å². The third kappa shape index (κ3) is 4.09. The number of benzene rings is 1. The van der Waals surface area contributed by atoms with E-state index < -0.39 is 0 Å². The van der Waals surface area contributed by atoms with E-state index >= 15 is 0 Å². The number of hydrogen-bond donors (Lipinski definition) is 0. The maximum absolute atomic E-state index is 12.3. The van der Waals surface area contributed by atoms with Gasteiger partial charge in [-0.15, -0.1) is 0 Å². The average molecular weight is 378 g/mol. The van der Waals surface area contributed by atoms with Crippen molar-refractivity contribution in [2.75, 3.05) is 0 Å². The molecule has 4 aromatic rings. The van der Waals surface area contributed by atoms with Crippen molar-refractivity contribution >= 4 is 13.3 Å². The number of pyridine rings is 1. The quantitative estimate of drug-likeness (QED) is 0.491. The van der Waals surface area contributed by atoms with Gasteiger partial charge in [0.25, 0.3) is 5.56 Å². The number of nitrogens with zero attached hydrogens (tertiary/aromatic N) is 6. The van der Waals surface area contributed by atoms with E-state index in [0.29, 0.717) is 28.5 Å². The average Bonchev–Trinajstić information content (AvgIpc) is 2.76. The first-order chi connectivity index (χ1) is 14.1. The molecule has 0 N–H and O–H groups in total. The molecular formula is C21H15BN6O. The molecule has 29 heavy (non-hydrogen) atoms. The Kier molecular flexibility index (Phi) is 4.95. The fourth-order valence-electron chi connectivity index (χ4n) is 2.83. The van der Waals surface area contributed by atoms with Crippen LogP contribution in [0, 0.1) is 11.3 Å². The maximum atomic E-state index is 12.3. The maximum Gasteiger partial charge on any atom is 0.267 e. The fourth-order valence-corrected chi connectivity index (χ4v) is 2.83. The molecular weight excluding hydrogens is 363 g/mol. The molecule has 7 nitrogen and oxygen atoms in total. The lowest BCUT2D eigenvalue weighted by atomic mass is 10.0. The standard InChI is InChI=1S/C21H15BN6O/c22-16-11-24-21(25-12-16)19-6-2-5-17(26-19)13-28-20(29)8-7-18(27-28)15-4-1-3-14(9-15)10-23/h1-9,11-12H,13,22H2. The lowest BCUT2D eigenvalue weighted by molar-refractivity contribution is 0.632. The summed E-state index contributed by atoms with van der Waals surface area (Å²) in [6.45, 7) is 0.213. The van der Waals surface area contributed by atoms with Gasteiger partial charge in [0.2, 0.25) is 0 Å². The number of rotatable bonds is 4. The van der Waals surface area contributed by atoms with Crippen molar-refractivity contribution in [2.24, 2.45) is 0 Å². The predicted octanol–water partition coefficient (Wildman–Crippen LogP) is 0.941. The van der Waals surface area contributed by atoms with Gasteiger partial charge in [-0.2, -0.15) is 10.4 Å².